The van der Waals surface area contributed by atoms with Crippen LogP contribution in [0.2, 0.25) is 0 Å². The first kappa shape index (κ1) is 21.7. The van der Waals surface area contributed by atoms with Crippen LogP contribution in [0.15, 0.2) is 93.1 Å². The summed E-state index contributed by atoms with van der Waals surface area (Å²) in [6.45, 7) is 1.88. The molecule has 0 N–H and O–H groups in total. The van der Waals surface area contributed by atoms with Gasteiger partial charge in [-0.05, 0) is 55.3 Å². The van der Waals surface area contributed by atoms with Crippen LogP contribution in [0.1, 0.15) is 22.8 Å². The number of hydrogen-bond donors (Lipinski definition) is 0. The van der Waals surface area contributed by atoms with Crippen molar-refractivity contribution in [2.45, 2.75) is 28.4 Å². The Labute approximate surface area is 180 Å². The molecular weight excluding hydrogens is 472 g/mol. The van der Waals surface area contributed by atoms with E-state index in [-0.39, 0.29) is 22.0 Å². The normalized spacial score (nSPS) is 13.2. The minimum absolute atomic E-state index is 0.0291. The zero-order chi connectivity index (χ0) is 21.1. The highest BCUT2D eigenvalue weighted by Gasteiger charge is 2.31. The number of sulfone groups is 2. The lowest BCUT2D eigenvalue weighted by Gasteiger charge is -2.19. The Bertz CT molecular complexity index is 1170. The third-order valence-electron chi connectivity index (χ3n) is 4.72. The van der Waals surface area contributed by atoms with Crippen LogP contribution in [-0.4, -0.2) is 22.6 Å². The van der Waals surface area contributed by atoms with Gasteiger partial charge < -0.3 is 0 Å². The highest BCUT2D eigenvalue weighted by Crippen LogP contribution is 2.33. The summed E-state index contributed by atoms with van der Waals surface area (Å²) in [5.41, 5.74) is 1.54. The largest absolute Gasteiger partial charge is 0.224 e. The second kappa shape index (κ2) is 8.81. The molecule has 0 aromatic heterocycles. The van der Waals surface area contributed by atoms with Crippen molar-refractivity contribution in [3.8, 4) is 0 Å². The van der Waals surface area contributed by atoms with Crippen molar-refractivity contribution in [1.29, 1.82) is 0 Å². The molecule has 0 heterocycles. The number of benzene rings is 3. The summed E-state index contributed by atoms with van der Waals surface area (Å²) in [5.74, 6) is -0.265. The number of hydrogen-bond acceptors (Lipinski definition) is 4. The van der Waals surface area contributed by atoms with E-state index in [2.05, 4.69) is 15.9 Å². The third kappa shape index (κ3) is 5.15. The van der Waals surface area contributed by atoms with Gasteiger partial charge in [-0.2, -0.15) is 0 Å². The molecule has 3 aromatic rings. The van der Waals surface area contributed by atoms with Crippen molar-refractivity contribution < 1.29 is 16.8 Å². The van der Waals surface area contributed by atoms with Crippen molar-refractivity contribution >= 4 is 35.6 Å². The van der Waals surface area contributed by atoms with E-state index < -0.39 is 24.9 Å². The van der Waals surface area contributed by atoms with Crippen LogP contribution in [0.5, 0.6) is 0 Å². The molecule has 0 amide bonds. The summed E-state index contributed by atoms with van der Waals surface area (Å²) >= 11 is 3.29. The lowest BCUT2D eigenvalue weighted by Crippen LogP contribution is -2.18. The highest BCUT2D eigenvalue weighted by atomic mass is 79.9. The number of aryl methyl sites for hydroxylation is 1. The minimum atomic E-state index is -3.75. The predicted octanol–water partition coefficient (Wildman–Crippen LogP) is 5.14. The van der Waals surface area contributed by atoms with Gasteiger partial charge in [0.05, 0.1) is 20.8 Å². The maximum Gasteiger partial charge on any atom is 0.185 e. The van der Waals surface area contributed by atoms with E-state index in [0.717, 1.165) is 10.0 Å². The van der Waals surface area contributed by atoms with Crippen molar-refractivity contribution in [2.75, 3.05) is 5.75 Å². The Morgan fingerprint density at radius 2 is 1.31 bits per heavy atom. The lowest BCUT2D eigenvalue weighted by molar-refractivity contribution is 0.574. The van der Waals surface area contributed by atoms with Gasteiger partial charge in [0.15, 0.2) is 19.7 Å². The fourth-order valence-electron chi connectivity index (χ4n) is 3.08. The highest BCUT2D eigenvalue weighted by molar-refractivity contribution is 9.10. The van der Waals surface area contributed by atoms with Gasteiger partial charge in [-0.3, -0.25) is 0 Å². The van der Waals surface area contributed by atoms with E-state index in [1.165, 1.54) is 12.1 Å². The number of rotatable bonds is 7. The van der Waals surface area contributed by atoms with Gasteiger partial charge in [-0.1, -0.05) is 64.0 Å². The zero-order valence-corrected chi connectivity index (χ0v) is 19.0. The first-order valence-electron chi connectivity index (χ1n) is 9.04. The molecule has 0 aliphatic carbocycles. The van der Waals surface area contributed by atoms with Crippen LogP contribution in [0.4, 0.5) is 0 Å². The van der Waals surface area contributed by atoms with Crippen LogP contribution in [0, 0.1) is 6.92 Å². The summed E-state index contributed by atoms with van der Waals surface area (Å²) in [6.07, 6.45) is -0.0291. The Balaban J connectivity index is 1.95. The third-order valence-corrected chi connectivity index (χ3v) is 9.20. The molecule has 0 spiro atoms. The first-order valence-corrected chi connectivity index (χ1v) is 13.0. The molecule has 4 nitrogen and oxygen atoms in total. The fraction of sp³-hybridized carbons (Fsp3) is 0.182. The lowest BCUT2D eigenvalue weighted by atomic mass is 10.1. The standard InChI is InChI=1S/C22H21BrO4S2/c1-17-7-11-21(12-8-17)29(26,27)22(18-5-3-2-4-6-18)15-16-28(24,25)20-13-9-19(23)10-14-20/h2-14,22H,15-16H2,1H3/t22-/m1/s1. The molecule has 0 unspecified atom stereocenters. The van der Waals surface area contributed by atoms with E-state index in [4.69, 9.17) is 0 Å². The minimum Gasteiger partial charge on any atom is -0.224 e. The van der Waals surface area contributed by atoms with Gasteiger partial charge in [-0.25, -0.2) is 16.8 Å². The first-order chi connectivity index (χ1) is 13.7. The van der Waals surface area contributed by atoms with Crippen LogP contribution in [0.25, 0.3) is 0 Å². The van der Waals surface area contributed by atoms with Crippen LogP contribution in [-0.2, 0) is 19.7 Å². The van der Waals surface area contributed by atoms with E-state index in [0.29, 0.717) is 5.56 Å². The quantitative estimate of drug-likeness (QED) is 0.457. The smallest absolute Gasteiger partial charge is 0.185 e. The summed E-state index contributed by atoms with van der Waals surface area (Å²) in [4.78, 5) is 0.373. The summed E-state index contributed by atoms with van der Waals surface area (Å²) in [6, 6.07) is 21.8. The molecular formula is C22H21BrO4S2. The molecule has 0 aliphatic rings. The van der Waals surface area contributed by atoms with Crippen LogP contribution >= 0.6 is 15.9 Å². The molecule has 1 atom stereocenters. The molecule has 29 heavy (non-hydrogen) atoms. The Morgan fingerprint density at radius 1 is 0.759 bits per heavy atom. The van der Waals surface area contributed by atoms with Gasteiger partial charge >= 0.3 is 0 Å². The van der Waals surface area contributed by atoms with Crippen molar-refractivity contribution in [3.05, 3.63) is 94.5 Å². The Kier molecular flexibility index (Phi) is 6.61. The van der Waals surface area contributed by atoms with Crippen molar-refractivity contribution in [3.63, 3.8) is 0 Å². The zero-order valence-electron chi connectivity index (χ0n) is 15.8. The molecule has 152 valence electrons. The molecule has 0 fully saturated rings. The van der Waals surface area contributed by atoms with E-state index >= 15 is 0 Å². The van der Waals surface area contributed by atoms with E-state index in [9.17, 15) is 16.8 Å². The average Bonchev–Trinajstić information content (AvgIpc) is 2.69. The molecule has 3 aromatic carbocycles. The molecule has 0 radical (unpaired) electrons. The summed E-state index contributed by atoms with van der Waals surface area (Å²) in [5, 5.41) is -0.948. The Hall–Kier alpha value is -1.96. The van der Waals surface area contributed by atoms with E-state index in [1.807, 2.05) is 6.92 Å². The van der Waals surface area contributed by atoms with Crippen molar-refractivity contribution in [2.24, 2.45) is 0 Å². The summed E-state index contributed by atoms with van der Waals surface area (Å²) < 4.78 is 53.0. The molecule has 7 heteroatoms. The van der Waals surface area contributed by atoms with Crippen LogP contribution in [0.3, 0.4) is 0 Å². The Morgan fingerprint density at radius 3 is 1.90 bits per heavy atom. The molecule has 0 saturated heterocycles. The predicted molar refractivity (Wildman–Crippen MR) is 118 cm³/mol. The van der Waals surface area contributed by atoms with Gasteiger partial charge in [0.1, 0.15) is 0 Å². The molecule has 3 rings (SSSR count). The van der Waals surface area contributed by atoms with Gasteiger partial charge in [-0.15, -0.1) is 0 Å². The maximum atomic E-state index is 13.3. The second-order valence-electron chi connectivity index (χ2n) is 6.82. The fourth-order valence-corrected chi connectivity index (χ4v) is 6.62. The SMILES string of the molecule is Cc1ccc(S(=O)(=O)[C@H](CCS(=O)(=O)c2ccc(Br)cc2)c2ccccc2)cc1. The van der Waals surface area contributed by atoms with Crippen LogP contribution < -0.4 is 0 Å². The average molecular weight is 493 g/mol. The van der Waals surface area contributed by atoms with E-state index in [1.54, 1.807) is 66.7 Å². The number of halogens is 1. The topological polar surface area (TPSA) is 68.3 Å². The summed E-state index contributed by atoms with van der Waals surface area (Å²) in [7, 11) is -7.37. The molecule has 0 aliphatic heterocycles. The van der Waals surface area contributed by atoms with Gasteiger partial charge in [0.25, 0.3) is 0 Å². The van der Waals surface area contributed by atoms with Gasteiger partial charge in [0, 0.05) is 4.47 Å². The maximum absolute atomic E-state index is 13.3. The van der Waals surface area contributed by atoms with Crippen molar-refractivity contribution in [1.82, 2.24) is 0 Å². The molecule has 0 bridgehead atoms. The monoisotopic (exact) mass is 492 g/mol. The van der Waals surface area contributed by atoms with Gasteiger partial charge in [0.2, 0.25) is 0 Å². The molecule has 0 saturated carbocycles. The second-order valence-corrected chi connectivity index (χ2v) is 12.0.